The Morgan fingerprint density at radius 2 is 2.17 bits per heavy atom. The van der Waals surface area contributed by atoms with Crippen LogP contribution in [0.2, 0.25) is 0 Å². The Kier molecular flexibility index (Phi) is 4.94. The van der Waals surface area contributed by atoms with Gasteiger partial charge in [0.15, 0.2) is 0 Å². The predicted octanol–water partition coefficient (Wildman–Crippen LogP) is 1.43. The number of carbonyl (C=O) groups is 1. The molecule has 2 aliphatic rings. The minimum atomic E-state index is -0.497. The van der Waals surface area contributed by atoms with Gasteiger partial charge in [0.1, 0.15) is 0 Å². The summed E-state index contributed by atoms with van der Waals surface area (Å²) in [4.78, 5) is 21.1. The number of aromatic nitrogens is 1. The van der Waals surface area contributed by atoms with Gasteiger partial charge < -0.3 is 4.90 Å². The van der Waals surface area contributed by atoms with E-state index in [1.165, 1.54) is 12.8 Å². The summed E-state index contributed by atoms with van der Waals surface area (Å²) in [6, 6.07) is 3.02. The number of rotatable bonds is 3. The molecule has 0 aromatic carbocycles. The van der Waals surface area contributed by atoms with Crippen LogP contribution in [0.1, 0.15) is 47.8 Å². The van der Waals surface area contributed by atoms with Gasteiger partial charge in [0.2, 0.25) is 0 Å². The number of hydroxylamine groups is 1. The van der Waals surface area contributed by atoms with Crippen molar-refractivity contribution in [2.75, 3.05) is 20.1 Å². The van der Waals surface area contributed by atoms with Crippen molar-refractivity contribution >= 4 is 5.91 Å². The Labute approximate surface area is 137 Å². The van der Waals surface area contributed by atoms with Gasteiger partial charge in [-0.1, -0.05) is 6.92 Å². The summed E-state index contributed by atoms with van der Waals surface area (Å²) in [5.41, 5.74) is 4.32. The van der Waals surface area contributed by atoms with E-state index in [0.29, 0.717) is 17.6 Å². The van der Waals surface area contributed by atoms with Crippen molar-refractivity contribution in [3.63, 3.8) is 0 Å². The van der Waals surface area contributed by atoms with Gasteiger partial charge in [0.05, 0.1) is 5.56 Å². The zero-order valence-electron chi connectivity index (χ0n) is 14.0. The summed E-state index contributed by atoms with van der Waals surface area (Å²) >= 11 is 0. The molecule has 0 radical (unpaired) electrons. The molecule has 3 rings (SSSR count). The lowest BCUT2D eigenvalue weighted by Gasteiger charge is -2.44. The van der Waals surface area contributed by atoms with E-state index in [9.17, 15) is 4.79 Å². The number of nitrogens with one attached hydrogen (secondary N) is 1. The zero-order chi connectivity index (χ0) is 16.4. The number of hydrogen-bond acceptors (Lipinski definition) is 5. The minimum absolute atomic E-state index is 0.421. The standard InChI is InChI=1S/C17H26N4O2/c1-3-14-9-16-13(8-12(10-18-16)17(22)19-23)11-21(14)15-4-6-20(2)7-5-15/h8,10,14-15,23H,3-7,9,11H2,1-2H3,(H,19,22)/t14-/m1/s1. The molecule has 2 aliphatic heterocycles. The van der Waals surface area contributed by atoms with Crippen molar-refractivity contribution in [1.29, 1.82) is 0 Å². The molecule has 126 valence electrons. The lowest BCUT2D eigenvalue weighted by atomic mass is 9.91. The first kappa shape index (κ1) is 16.4. The summed E-state index contributed by atoms with van der Waals surface area (Å²) in [6.45, 7) is 5.39. The molecule has 6 nitrogen and oxygen atoms in total. The van der Waals surface area contributed by atoms with E-state index in [2.05, 4.69) is 28.8 Å². The fourth-order valence-corrected chi connectivity index (χ4v) is 3.85. The maximum atomic E-state index is 11.6. The summed E-state index contributed by atoms with van der Waals surface area (Å²) in [7, 11) is 2.18. The van der Waals surface area contributed by atoms with Gasteiger partial charge in [-0.25, -0.2) is 5.48 Å². The first-order chi connectivity index (χ1) is 11.1. The molecule has 1 aromatic heterocycles. The van der Waals surface area contributed by atoms with E-state index in [0.717, 1.165) is 43.7 Å². The summed E-state index contributed by atoms with van der Waals surface area (Å²) in [6.07, 6.45) is 6.02. The van der Waals surface area contributed by atoms with Crippen LogP contribution < -0.4 is 5.48 Å². The van der Waals surface area contributed by atoms with Crippen LogP contribution in [0.15, 0.2) is 12.3 Å². The average molecular weight is 318 g/mol. The molecule has 1 amide bonds. The number of fused-ring (bicyclic) bond motifs is 1. The quantitative estimate of drug-likeness (QED) is 0.652. The highest BCUT2D eigenvalue weighted by molar-refractivity contribution is 5.93. The van der Waals surface area contributed by atoms with E-state index >= 15 is 0 Å². The first-order valence-corrected chi connectivity index (χ1v) is 8.49. The molecule has 0 saturated carbocycles. The van der Waals surface area contributed by atoms with Crippen LogP contribution in [-0.2, 0) is 13.0 Å². The number of pyridine rings is 1. The van der Waals surface area contributed by atoms with E-state index in [-0.39, 0.29) is 0 Å². The van der Waals surface area contributed by atoms with Crippen LogP contribution in [0, 0.1) is 0 Å². The monoisotopic (exact) mass is 318 g/mol. The SMILES string of the molecule is CC[C@@H]1Cc2ncc(C(=O)NO)cc2CN1C1CCN(C)CC1. The van der Waals surface area contributed by atoms with Gasteiger partial charge in [-0.05, 0) is 51.0 Å². The van der Waals surface area contributed by atoms with Crippen molar-refractivity contribution in [2.24, 2.45) is 0 Å². The Morgan fingerprint density at radius 3 is 2.83 bits per heavy atom. The van der Waals surface area contributed by atoms with Gasteiger partial charge in [0.25, 0.3) is 5.91 Å². The number of nitrogens with zero attached hydrogens (tertiary/aromatic N) is 3. The van der Waals surface area contributed by atoms with Crippen LogP contribution in [0.25, 0.3) is 0 Å². The summed E-state index contributed by atoms with van der Waals surface area (Å²) in [5, 5.41) is 8.81. The van der Waals surface area contributed by atoms with Crippen molar-refractivity contribution in [3.8, 4) is 0 Å². The van der Waals surface area contributed by atoms with Gasteiger partial charge in [0, 0.05) is 36.9 Å². The maximum Gasteiger partial charge on any atom is 0.276 e. The van der Waals surface area contributed by atoms with Gasteiger partial charge in [-0.2, -0.15) is 0 Å². The molecular formula is C17H26N4O2. The lowest BCUT2D eigenvalue weighted by molar-refractivity contribution is 0.0626. The third kappa shape index (κ3) is 3.39. The van der Waals surface area contributed by atoms with Crippen LogP contribution in [0.4, 0.5) is 0 Å². The normalized spacial score (nSPS) is 23.5. The molecule has 0 unspecified atom stereocenters. The molecule has 6 heteroatoms. The highest BCUT2D eigenvalue weighted by Gasteiger charge is 2.32. The molecule has 1 atom stereocenters. The molecule has 1 aromatic rings. The first-order valence-electron chi connectivity index (χ1n) is 8.49. The fraction of sp³-hybridized carbons (Fsp3) is 0.647. The molecular weight excluding hydrogens is 292 g/mol. The fourth-order valence-electron chi connectivity index (χ4n) is 3.85. The number of amides is 1. The smallest absolute Gasteiger partial charge is 0.276 e. The third-order valence-corrected chi connectivity index (χ3v) is 5.30. The molecule has 0 aliphatic carbocycles. The number of hydrogen-bond donors (Lipinski definition) is 2. The Hall–Kier alpha value is -1.50. The highest BCUT2D eigenvalue weighted by Crippen LogP contribution is 2.29. The second kappa shape index (κ2) is 6.95. The minimum Gasteiger partial charge on any atom is -0.306 e. The van der Waals surface area contributed by atoms with E-state index in [1.54, 1.807) is 11.7 Å². The topological polar surface area (TPSA) is 68.7 Å². The maximum absolute atomic E-state index is 11.6. The van der Waals surface area contributed by atoms with Crippen molar-refractivity contribution in [3.05, 3.63) is 29.1 Å². The van der Waals surface area contributed by atoms with E-state index < -0.39 is 5.91 Å². The lowest BCUT2D eigenvalue weighted by Crippen LogP contribution is -2.50. The zero-order valence-corrected chi connectivity index (χ0v) is 14.0. The third-order valence-electron chi connectivity index (χ3n) is 5.30. The summed E-state index contributed by atoms with van der Waals surface area (Å²) < 4.78 is 0. The second-order valence-corrected chi connectivity index (χ2v) is 6.74. The van der Waals surface area contributed by atoms with Crippen molar-refractivity contribution in [2.45, 2.75) is 51.2 Å². The Bertz CT molecular complexity index is 570. The largest absolute Gasteiger partial charge is 0.306 e. The number of likely N-dealkylation sites (tertiary alicyclic amines) is 1. The number of piperidine rings is 1. The Morgan fingerprint density at radius 1 is 1.43 bits per heavy atom. The number of carbonyl (C=O) groups excluding carboxylic acids is 1. The molecule has 0 spiro atoms. The van der Waals surface area contributed by atoms with Crippen molar-refractivity contribution in [1.82, 2.24) is 20.3 Å². The highest BCUT2D eigenvalue weighted by atomic mass is 16.5. The van der Waals surface area contributed by atoms with E-state index in [1.807, 2.05) is 6.07 Å². The molecule has 0 bridgehead atoms. The van der Waals surface area contributed by atoms with Gasteiger partial charge in [-0.15, -0.1) is 0 Å². The van der Waals surface area contributed by atoms with Crippen LogP contribution in [0.5, 0.6) is 0 Å². The van der Waals surface area contributed by atoms with Crippen LogP contribution in [-0.4, -0.2) is 58.1 Å². The van der Waals surface area contributed by atoms with Gasteiger partial charge in [-0.3, -0.25) is 19.9 Å². The van der Waals surface area contributed by atoms with Crippen LogP contribution in [0.3, 0.4) is 0 Å². The van der Waals surface area contributed by atoms with Gasteiger partial charge >= 0.3 is 0 Å². The summed E-state index contributed by atoms with van der Waals surface area (Å²) in [5.74, 6) is -0.497. The molecule has 23 heavy (non-hydrogen) atoms. The van der Waals surface area contributed by atoms with Crippen molar-refractivity contribution < 1.29 is 10.0 Å². The molecule has 3 heterocycles. The molecule has 1 saturated heterocycles. The molecule has 1 fully saturated rings. The Balaban J connectivity index is 1.82. The predicted molar refractivity (Wildman–Crippen MR) is 87.3 cm³/mol. The van der Waals surface area contributed by atoms with E-state index in [4.69, 9.17) is 5.21 Å². The molecule has 2 N–H and O–H groups in total. The van der Waals surface area contributed by atoms with Crippen LogP contribution >= 0.6 is 0 Å². The second-order valence-electron chi connectivity index (χ2n) is 6.74. The average Bonchev–Trinajstić information content (AvgIpc) is 2.60.